The van der Waals surface area contributed by atoms with E-state index in [2.05, 4.69) is 5.32 Å². The van der Waals surface area contributed by atoms with Gasteiger partial charge in [0.05, 0.1) is 22.7 Å². The number of halogens is 4. The number of hydrogen-bond acceptors (Lipinski definition) is 3. The summed E-state index contributed by atoms with van der Waals surface area (Å²) in [4.78, 5) is 25.3. The van der Waals surface area contributed by atoms with Gasteiger partial charge < -0.3 is 10.1 Å². The number of benzene rings is 4. The van der Waals surface area contributed by atoms with Crippen LogP contribution in [0.1, 0.15) is 15.9 Å². The Morgan fingerprint density at radius 3 is 2.00 bits per heavy atom. The summed E-state index contributed by atoms with van der Waals surface area (Å²) in [6.07, 6.45) is 0.217. The van der Waals surface area contributed by atoms with Crippen molar-refractivity contribution in [2.45, 2.75) is 12.5 Å². The molecule has 4 aromatic carbocycles. The number of carbonyl (C=O) groups is 2. The van der Waals surface area contributed by atoms with Crippen LogP contribution in [-0.2, 0) is 16.0 Å². The minimum atomic E-state index is -0.932. The number of ether oxygens (including phenoxy) is 1. The van der Waals surface area contributed by atoms with E-state index in [0.717, 1.165) is 27.5 Å². The van der Waals surface area contributed by atoms with E-state index in [9.17, 15) is 9.59 Å². The summed E-state index contributed by atoms with van der Waals surface area (Å²) in [6, 6.07) is 20.9. The molecule has 0 bridgehead atoms. The van der Waals surface area contributed by atoms with Gasteiger partial charge in [-0.3, -0.25) is 4.79 Å². The maximum Gasteiger partial charge on any atom is 0.328 e. The Kier molecular flexibility index (Phi) is 7.88. The Labute approximate surface area is 222 Å². The zero-order chi connectivity index (χ0) is 25.1. The third kappa shape index (κ3) is 5.57. The molecular weight excluding hydrogens is 528 g/mol. The summed E-state index contributed by atoms with van der Waals surface area (Å²) in [5.74, 6) is -1.14. The summed E-state index contributed by atoms with van der Waals surface area (Å²) in [5, 5.41) is 6.16. The van der Waals surface area contributed by atoms with Crippen molar-refractivity contribution < 1.29 is 14.3 Å². The molecule has 0 spiro atoms. The second kappa shape index (κ2) is 10.9. The largest absolute Gasteiger partial charge is 0.467 e. The van der Waals surface area contributed by atoms with Crippen molar-refractivity contribution >= 4 is 69.1 Å². The molecule has 0 saturated carbocycles. The standard InChI is InChI=1S/C27H19Cl4NO3/c1-35-27(34)23(32-26(33)25-21(30)6-3-7-22(25)31)13-15-8-9-17-14-18(11-10-16(17)12-15)24-19(28)4-2-5-20(24)29/h2-12,14,23H,13H2,1H3,(H,32,33). The minimum Gasteiger partial charge on any atom is -0.467 e. The molecule has 0 aliphatic heterocycles. The minimum absolute atomic E-state index is 0.106. The van der Waals surface area contributed by atoms with E-state index in [1.807, 2.05) is 36.4 Å². The molecular formula is C27H19Cl4NO3. The molecule has 8 heteroatoms. The van der Waals surface area contributed by atoms with Gasteiger partial charge in [0.15, 0.2) is 0 Å². The van der Waals surface area contributed by atoms with Crippen LogP contribution in [0, 0.1) is 0 Å². The van der Waals surface area contributed by atoms with Crippen LogP contribution in [-0.4, -0.2) is 25.0 Å². The van der Waals surface area contributed by atoms with Gasteiger partial charge in [0.25, 0.3) is 5.91 Å². The fraction of sp³-hybridized carbons (Fsp3) is 0.111. The van der Waals surface area contributed by atoms with Gasteiger partial charge in [0, 0.05) is 22.0 Å². The van der Waals surface area contributed by atoms with Crippen LogP contribution in [0.3, 0.4) is 0 Å². The highest BCUT2D eigenvalue weighted by molar-refractivity contribution is 6.40. The summed E-state index contributed by atoms with van der Waals surface area (Å²) >= 11 is 25.0. The maximum atomic E-state index is 12.8. The monoisotopic (exact) mass is 545 g/mol. The van der Waals surface area contributed by atoms with Crippen molar-refractivity contribution in [2.24, 2.45) is 0 Å². The lowest BCUT2D eigenvalue weighted by atomic mass is 9.97. The topological polar surface area (TPSA) is 55.4 Å². The van der Waals surface area contributed by atoms with Gasteiger partial charge in [0.2, 0.25) is 0 Å². The van der Waals surface area contributed by atoms with E-state index in [0.29, 0.717) is 10.0 Å². The zero-order valence-corrected chi connectivity index (χ0v) is 21.5. The van der Waals surface area contributed by atoms with Crippen molar-refractivity contribution in [3.05, 3.63) is 104 Å². The van der Waals surface area contributed by atoms with Crippen LogP contribution in [0.5, 0.6) is 0 Å². The molecule has 0 fully saturated rings. The van der Waals surface area contributed by atoms with E-state index in [-0.39, 0.29) is 22.0 Å². The second-order valence-corrected chi connectivity index (χ2v) is 9.47. The first-order chi connectivity index (χ1) is 16.8. The Hall–Kier alpha value is -2.76. The molecule has 1 unspecified atom stereocenters. The number of carbonyl (C=O) groups excluding carboxylic acids is 2. The molecule has 0 heterocycles. The van der Waals surface area contributed by atoms with Crippen molar-refractivity contribution in [1.82, 2.24) is 5.32 Å². The normalized spacial score (nSPS) is 11.8. The SMILES string of the molecule is COC(=O)C(Cc1ccc2cc(-c3c(Cl)cccc3Cl)ccc2c1)NC(=O)c1c(Cl)cccc1Cl. The van der Waals surface area contributed by atoms with Gasteiger partial charge in [-0.25, -0.2) is 4.79 Å². The molecule has 4 rings (SSSR count). The second-order valence-electron chi connectivity index (χ2n) is 7.84. The predicted molar refractivity (Wildman–Crippen MR) is 143 cm³/mol. The summed E-state index contributed by atoms with van der Waals surface area (Å²) in [5.41, 5.74) is 2.61. The predicted octanol–water partition coefficient (Wildman–Crippen LogP) is 7.63. The van der Waals surface area contributed by atoms with E-state index < -0.39 is 17.9 Å². The van der Waals surface area contributed by atoms with Gasteiger partial charge in [-0.15, -0.1) is 0 Å². The fourth-order valence-electron chi connectivity index (χ4n) is 3.87. The Morgan fingerprint density at radius 1 is 0.800 bits per heavy atom. The average molecular weight is 547 g/mol. The van der Waals surface area contributed by atoms with Crippen LogP contribution in [0.15, 0.2) is 72.8 Å². The molecule has 0 aliphatic rings. The van der Waals surface area contributed by atoms with Crippen LogP contribution in [0.4, 0.5) is 0 Å². The molecule has 1 amide bonds. The Morgan fingerprint density at radius 2 is 1.37 bits per heavy atom. The lowest BCUT2D eigenvalue weighted by Gasteiger charge is -2.18. The van der Waals surface area contributed by atoms with Crippen molar-refractivity contribution in [3.63, 3.8) is 0 Å². The zero-order valence-electron chi connectivity index (χ0n) is 18.4. The van der Waals surface area contributed by atoms with Crippen LogP contribution >= 0.6 is 46.4 Å². The molecule has 4 aromatic rings. The van der Waals surface area contributed by atoms with Gasteiger partial charge in [-0.1, -0.05) is 88.9 Å². The van der Waals surface area contributed by atoms with Crippen molar-refractivity contribution in [2.75, 3.05) is 7.11 Å². The first-order valence-corrected chi connectivity index (χ1v) is 12.1. The van der Waals surface area contributed by atoms with Crippen molar-refractivity contribution in [3.8, 4) is 11.1 Å². The molecule has 0 radical (unpaired) electrons. The number of fused-ring (bicyclic) bond motifs is 1. The van der Waals surface area contributed by atoms with E-state index in [1.54, 1.807) is 36.4 Å². The van der Waals surface area contributed by atoms with Gasteiger partial charge in [-0.2, -0.15) is 0 Å². The number of nitrogens with one attached hydrogen (secondary N) is 1. The number of amides is 1. The number of methoxy groups -OCH3 is 1. The number of hydrogen-bond donors (Lipinski definition) is 1. The first kappa shape index (κ1) is 25.3. The fourth-order valence-corrected chi connectivity index (χ4v) is 5.05. The highest BCUT2D eigenvalue weighted by Crippen LogP contribution is 2.36. The molecule has 0 aliphatic carbocycles. The highest BCUT2D eigenvalue weighted by atomic mass is 35.5. The summed E-state index contributed by atoms with van der Waals surface area (Å²) in [7, 11) is 1.27. The van der Waals surface area contributed by atoms with Crippen LogP contribution in [0.25, 0.3) is 21.9 Å². The van der Waals surface area contributed by atoms with Gasteiger partial charge >= 0.3 is 5.97 Å². The van der Waals surface area contributed by atoms with Crippen LogP contribution in [0.2, 0.25) is 20.1 Å². The first-order valence-electron chi connectivity index (χ1n) is 10.6. The highest BCUT2D eigenvalue weighted by Gasteiger charge is 2.25. The van der Waals surface area contributed by atoms with Gasteiger partial charge in [0.1, 0.15) is 6.04 Å². The molecule has 35 heavy (non-hydrogen) atoms. The molecule has 178 valence electrons. The lowest BCUT2D eigenvalue weighted by molar-refractivity contribution is -0.142. The Bertz CT molecular complexity index is 1400. The van der Waals surface area contributed by atoms with E-state index in [1.165, 1.54) is 7.11 Å². The smallest absolute Gasteiger partial charge is 0.328 e. The molecule has 0 aromatic heterocycles. The summed E-state index contributed by atoms with van der Waals surface area (Å²) in [6.45, 7) is 0. The van der Waals surface area contributed by atoms with Crippen LogP contribution < -0.4 is 5.32 Å². The Balaban J connectivity index is 1.60. The van der Waals surface area contributed by atoms with E-state index in [4.69, 9.17) is 51.1 Å². The van der Waals surface area contributed by atoms with Crippen molar-refractivity contribution in [1.29, 1.82) is 0 Å². The molecule has 4 nitrogen and oxygen atoms in total. The quantitative estimate of drug-likeness (QED) is 0.253. The average Bonchev–Trinajstić information content (AvgIpc) is 2.83. The third-order valence-corrected chi connectivity index (χ3v) is 6.84. The molecule has 1 N–H and O–H groups in total. The van der Waals surface area contributed by atoms with E-state index >= 15 is 0 Å². The third-order valence-electron chi connectivity index (χ3n) is 5.58. The lowest BCUT2D eigenvalue weighted by Crippen LogP contribution is -2.43. The summed E-state index contributed by atoms with van der Waals surface area (Å²) < 4.78 is 4.91. The maximum absolute atomic E-state index is 12.8. The molecule has 1 atom stereocenters. The van der Waals surface area contributed by atoms with Gasteiger partial charge in [-0.05, 0) is 52.2 Å². The number of esters is 1. The molecule has 0 saturated heterocycles. The number of rotatable bonds is 6.